The smallest absolute Gasteiger partial charge is 0.226 e. The number of ether oxygens (including phenoxy) is 1. The molecule has 1 aliphatic rings. The predicted octanol–water partition coefficient (Wildman–Crippen LogP) is 0.161. The average Bonchev–Trinajstić information content (AvgIpc) is 2.56. The van der Waals surface area contributed by atoms with Gasteiger partial charge in [0, 0.05) is 6.61 Å². The third kappa shape index (κ3) is 2.24. The van der Waals surface area contributed by atoms with Gasteiger partial charge in [-0.05, 0) is 13.3 Å². The summed E-state index contributed by atoms with van der Waals surface area (Å²) >= 11 is 0. The first-order valence-corrected chi connectivity index (χ1v) is 4.08. The standard InChI is InChI=1S/C9H13NO2/c1-3-7(2)10-9(11)8-4-5-12-6-8/h1,7-8H,4-6H2,2H3,(H,10,11). The zero-order chi connectivity index (χ0) is 8.97. The maximum atomic E-state index is 11.3. The molecule has 1 rings (SSSR count). The summed E-state index contributed by atoms with van der Waals surface area (Å²) in [5.41, 5.74) is 0. The van der Waals surface area contributed by atoms with E-state index >= 15 is 0 Å². The Hall–Kier alpha value is -1.01. The maximum Gasteiger partial charge on any atom is 0.226 e. The first kappa shape index (κ1) is 9.08. The Kier molecular flexibility index (Phi) is 3.12. The molecular weight excluding hydrogens is 154 g/mol. The van der Waals surface area contributed by atoms with Crippen LogP contribution in [0.3, 0.4) is 0 Å². The van der Waals surface area contributed by atoms with Crippen LogP contribution in [0.1, 0.15) is 13.3 Å². The molecule has 1 N–H and O–H groups in total. The second-order valence-electron chi connectivity index (χ2n) is 2.96. The van der Waals surface area contributed by atoms with Gasteiger partial charge < -0.3 is 10.1 Å². The van der Waals surface area contributed by atoms with Gasteiger partial charge in [0.15, 0.2) is 0 Å². The van der Waals surface area contributed by atoms with Crippen LogP contribution in [-0.2, 0) is 9.53 Å². The van der Waals surface area contributed by atoms with E-state index < -0.39 is 0 Å². The van der Waals surface area contributed by atoms with Crippen LogP contribution >= 0.6 is 0 Å². The summed E-state index contributed by atoms with van der Waals surface area (Å²) in [6.07, 6.45) is 5.93. The second kappa shape index (κ2) is 4.13. The first-order chi connectivity index (χ1) is 5.74. The summed E-state index contributed by atoms with van der Waals surface area (Å²) in [5, 5.41) is 2.72. The number of carbonyl (C=O) groups excluding carboxylic acids is 1. The second-order valence-corrected chi connectivity index (χ2v) is 2.96. The number of terminal acetylenes is 1. The number of rotatable bonds is 2. The van der Waals surface area contributed by atoms with Crippen LogP contribution in [0.4, 0.5) is 0 Å². The Morgan fingerprint density at radius 2 is 2.58 bits per heavy atom. The molecule has 0 aromatic carbocycles. The molecule has 0 aromatic heterocycles. The van der Waals surface area contributed by atoms with E-state index in [1.165, 1.54) is 0 Å². The van der Waals surface area contributed by atoms with Crippen molar-refractivity contribution in [3.63, 3.8) is 0 Å². The lowest BCUT2D eigenvalue weighted by Gasteiger charge is -2.10. The zero-order valence-electron chi connectivity index (χ0n) is 7.17. The molecule has 0 spiro atoms. The summed E-state index contributed by atoms with van der Waals surface area (Å²) in [5.74, 6) is 2.46. The van der Waals surface area contributed by atoms with Crippen molar-refractivity contribution in [2.75, 3.05) is 13.2 Å². The lowest BCUT2D eigenvalue weighted by molar-refractivity contribution is -0.125. The molecule has 2 atom stereocenters. The Labute approximate surface area is 72.5 Å². The SMILES string of the molecule is C#CC(C)NC(=O)C1CCOC1. The van der Waals surface area contributed by atoms with Crippen LogP contribution in [0.15, 0.2) is 0 Å². The molecular formula is C9H13NO2. The Balaban J connectivity index is 2.33. The minimum Gasteiger partial charge on any atom is -0.381 e. The van der Waals surface area contributed by atoms with Crippen LogP contribution < -0.4 is 5.32 Å². The molecule has 3 heteroatoms. The third-order valence-corrected chi connectivity index (χ3v) is 1.91. The van der Waals surface area contributed by atoms with Gasteiger partial charge in [-0.25, -0.2) is 0 Å². The van der Waals surface area contributed by atoms with E-state index in [9.17, 15) is 4.79 Å². The molecule has 1 fully saturated rings. The molecule has 12 heavy (non-hydrogen) atoms. The van der Waals surface area contributed by atoms with Gasteiger partial charge in [-0.2, -0.15) is 0 Å². The van der Waals surface area contributed by atoms with Gasteiger partial charge >= 0.3 is 0 Å². The lowest BCUT2D eigenvalue weighted by Crippen LogP contribution is -2.36. The monoisotopic (exact) mass is 167 g/mol. The van der Waals surface area contributed by atoms with Crippen molar-refractivity contribution in [3.05, 3.63) is 0 Å². The minimum absolute atomic E-state index is 0.000741. The predicted molar refractivity (Wildman–Crippen MR) is 45.4 cm³/mol. The number of amides is 1. The molecule has 0 aliphatic carbocycles. The molecule has 1 heterocycles. The van der Waals surface area contributed by atoms with Gasteiger partial charge in [-0.3, -0.25) is 4.79 Å². The number of carbonyl (C=O) groups is 1. The molecule has 0 saturated carbocycles. The Morgan fingerprint density at radius 1 is 1.83 bits per heavy atom. The maximum absolute atomic E-state index is 11.3. The van der Waals surface area contributed by atoms with Crippen LogP contribution in [0.5, 0.6) is 0 Å². The fourth-order valence-corrected chi connectivity index (χ4v) is 1.11. The molecule has 3 nitrogen and oxygen atoms in total. The van der Waals surface area contributed by atoms with E-state index in [1.54, 1.807) is 6.92 Å². The molecule has 2 unspecified atom stereocenters. The topological polar surface area (TPSA) is 38.3 Å². The van der Waals surface area contributed by atoms with Crippen molar-refractivity contribution in [3.8, 4) is 12.3 Å². The van der Waals surface area contributed by atoms with E-state index in [0.717, 1.165) is 6.42 Å². The summed E-state index contributed by atoms with van der Waals surface area (Å²) in [6, 6.07) is -0.182. The van der Waals surface area contributed by atoms with Gasteiger partial charge in [-0.15, -0.1) is 6.42 Å². The summed E-state index contributed by atoms with van der Waals surface area (Å²) in [7, 11) is 0. The third-order valence-electron chi connectivity index (χ3n) is 1.91. The summed E-state index contributed by atoms with van der Waals surface area (Å²) in [4.78, 5) is 11.3. The van der Waals surface area contributed by atoms with Crippen molar-refractivity contribution in [2.24, 2.45) is 5.92 Å². The molecule has 1 aliphatic heterocycles. The quantitative estimate of drug-likeness (QED) is 0.595. The van der Waals surface area contributed by atoms with Gasteiger partial charge in [0.05, 0.1) is 18.6 Å². The van der Waals surface area contributed by atoms with Crippen molar-refractivity contribution < 1.29 is 9.53 Å². The van der Waals surface area contributed by atoms with E-state index in [-0.39, 0.29) is 17.9 Å². The highest BCUT2D eigenvalue weighted by atomic mass is 16.5. The van der Waals surface area contributed by atoms with Crippen molar-refractivity contribution in [1.82, 2.24) is 5.32 Å². The van der Waals surface area contributed by atoms with Gasteiger partial charge in [0.25, 0.3) is 0 Å². The first-order valence-electron chi connectivity index (χ1n) is 4.08. The highest BCUT2D eigenvalue weighted by Crippen LogP contribution is 2.11. The number of nitrogens with one attached hydrogen (secondary N) is 1. The van der Waals surface area contributed by atoms with Crippen LogP contribution in [0.2, 0.25) is 0 Å². The van der Waals surface area contributed by atoms with E-state index in [4.69, 9.17) is 11.2 Å². The number of hydrogen-bond donors (Lipinski definition) is 1. The van der Waals surface area contributed by atoms with Crippen molar-refractivity contribution in [1.29, 1.82) is 0 Å². The zero-order valence-corrected chi connectivity index (χ0v) is 7.17. The minimum atomic E-state index is -0.182. The number of hydrogen-bond acceptors (Lipinski definition) is 2. The molecule has 66 valence electrons. The van der Waals surface area contributed by atoms with Gasteiger partial charge in [0.1, 0.15) is 0 Å². The highest BCUT2D eigenvalue weighted by molar-refractivity contribution is 5.79. The molecule has 1 saturated heterocycles. The largest absolute Gasteiger partial charge is 0.381 e. The van der Waals surface area contributed by atoms with Crippen LogP contribution in [0, 0.1) is 18.3 Å². The fourth-order valence-electron chi connectivity index (χ4n) is 1.11. The fraction of sp³-hybridized carbons (Fsp3) is 0.667. The Bertz CT molecular complexity index is 201. The normalized spacial score (nSPS) is 24.5. The average molecular weight is 167 g/mol. The summed E-state index contributed by atoms with van der Waals surface area (Å²) in [6.45, 7) is 3.00. The van der Waals surface area contributed by atoms with Gasteiger partial charge in [-0.1, -0.05) is 5.92 Å². The van der Waals surface area contributed by atoms with Crippen LogP contribution in [-0.4, -0.2) is 25.2 Å². The summed E-state index contributed by atoms with van der Waals surface area (Å²) < 4.78 is 5.08. The lowest BCUT2D eigenvalue weighted by atomic mass is 10.1. The van der Waals surface area contributed by atoms with Crippen molar-refractivity contribution >= 4 is 5.91 Å². The molecule has 1 amide bonds. The van der Waals surface area contributed by atoms with E-state index in [2.05, 4.69) is 11.2 Å². The highest BCUT2D eigenvalue weighted by Gasteiger charge is 2.23. The van der Waals surface area contributed by atoms with Crippen molar-refractivity contribution in [2.45, 2.75) is 19.4 Å². The molecule has 0 aromatic rings. The molecule has 0 radical (unpaired) electrons. The van der Waals surface area contributed by atoms with Gasteiger partial charge in [0.2, 0.25) is 5.91 Å². The van der Waals surface area contributed by atoms with E-state index in [0.29, 0.717) is 13.2 Å². The Morgan fingerprint density at radius 3 is 3.08 bits per heavy atom. The molecule has 0 bridgehead atoms. The van der Waals surface area contributed by atoms with Crippen LogP contribution in [0.25, 0.3) is 0 Å². The van der Waals surface area contributed by atoms with E-state index in [1.807, 2.05) is 0 Å².